The largest absolute Gasteiger partial charge is 0.392 e. The van der Waals surface area contributed by atoms with Crippen molar-refractivity contribution in [2.24, 2.45) is 5.92 Å². The zero-order chi connectivity index (χ0) is 13.7. The maximum Gasteiger partial charge on any atom is 0.321 e. The molecule has 4 unspecified atom stereocenters. The van der Waals surface area contributed by atoms with Gasteiger partial charge in [0.25, 0.3) is 0 Å². The number of rotatable bonds is 1. The summed E-state index contributed by atoms with van der Waals surface area (Å²) in [6.07, 6.45) is 0.226. The smallest absolute Gasteiger partial charge is 0.321 e. The number of hydrogen-bond donors (Lipinski definition) is 0. The minimum absolute atomic E-state index is 0.0478. The molecule has 1 aromatic carbocycles. The second-order valence-electron chi connectivity index (χ2n) is 5.28. The fraction of sp³-hybridized carbons (Fsp3) is 0.429. The van der Waals surface area contributed by atoms with Gasteiger partial charge < -0.3 is 4.74 Å². The molecule has 0 aromatic heterocycles. The molecule has 4 atom stereocenters. The van der Waals surface area contributed by atoms with Crippen LogP contribution in [-0.2, 0) is 29.1 Å². The molecular weight excluding hydrogens is 264 g/mol. The van der Waals surface area contributed by atoms with Crippen molar-refractivity contribution in [3.8, 4) is 0 Å². The van der Waals surface area contributed by atoms with Crippen LogP contribution in [0.4, 0.5) is 0 Å². The first-order valence-electron chi connectivity index (χ1n) is 6.55. The quantitative estimate of drug-likeness (QED) is 0.436. The Balaban J connectivity index is 1.80. The van der Waals surface area contributed by atoms with Gasteiger partial charge in [0.05, 0.1) is 11.8 Å². The van der Waals surface area contributed by atoms with Gasteiger partial charge in [0.15, 0.2) is 0 Å². The molecule has 6 heteroatoms. The van der Waals surface area contributed by atoms with E-state index in [-0.39, 0.29) is 12.0 Å². The van der Waals surface area contributed by atoms with Crippen LogP contribution in [0.15, 0.2) is 24.3 Å². The highest BCUT2D eigenvalue weighted by Crippen LogP contribution is 2.48. The third-order valence-corrected chi connectivity index (χ3v) is 4.29. The van der Waals surface area contributed by atoms with Crippen LogP contribution in [0.25, 0.3) is 0 Å². The minimum Gasteiger partial charge on any atom is -0.392 e. The van der Waals surface area contributed by atoms with Gasteiger partial charge in [-0.25, -0.2) is 4.89 Å². The van der Waals surface area contributed by atoms with Crippen molar-refractivity contribution in [1.29, 1.82) is 0 Å². The normalized spacial score (nSPS) is 35.6. The summed E-state index contributed by atoms with van der Waals surface area (Å²) in [5.74, 6) is -1.87. The molecule has 2 aliphatic heterocycles. The van der Waals surface area contributed by atoms with Gasteiger partial charge in [-0.2, -0.15) is 4.89 Å². The van der Waals surface area contributed by atoms with E-state index in [1.807, 2.05) is 24.3 Å². The molecule has 104 valence electrons. The van der Waals surface area contributed by atoms with Crippen LogP contribution in [-0.4, -0.2) is 24.6 Å². The lowest BCUT2D eigenvalue weighted by molar-refractivity contribution is -0.461. The molecule has 3 aliphatic rings. The second-order valence-corrected chi connectivity index (χ2v) is 5.28. The fourth-order valence-electron chi connectivity index (χ4n) is 3.38. The minimum atomic E-state index is -0.488. The molecule has 0 radical (unpaired) electrons. The molecule has 2 fully saturated rings. The molecule has 0 spiro atoms. The highest BCUT2D eigenvalue weighted by Gasteiger charge is 2.52. The molecular formula is C14H12O6. The molecule has 0 N–H and O–H groups in total. The Bertz CT molecular complexity index is 577. The summed E-state index contributed by atoms with van der Waals surface area (Å²) in [6, 6.07) is 7.59. The van der Waals surface area contributed by atoms with Crippen molar-refractivity contribution in [2.75, 3.05) is 6.61 Å². The number of esters is 2. The summed E-state index contributed by atoms with van der Waals surface area (Å²) in [5.41, 5.74) is 1.85. The zero-order valence-corrected chi connectivity index (χ0v) is 10.5. The number of fused-ring (bicyclic) bond motifs is 3. The summed E-state index contributed by atoms with van der Waals surface area (Å²) in [6.45, 7) is 0.305. The number of cyclic esters (lactones) is 2. The van der Waals surface area contributed by atoms with E-state index in [1.54, 1.807) is 0 Å². The predicted molar refractivity (Wildman–Crippen MR) is 63.0 cm³/mol. The number of carbonyl (C=O) groups excluding carboxylic acids is 2. The Hall–Kier alpha value is -1.76. The van der Waals surface area contributed by atoms with E-state index in [1.165, 1.54) is 0 Å². The predicted octanol–water partition coefficient (Wildman–Crippen LogP) is 1.22. The molecule has 0 saturated carbocycles. The van der Waals surface area contributed by atoms with E-state index >= 15 is 0 Å². The van der Waals surface area contributed by atoms with Crippen molar-refractivity contribution in [2.45, 2.75) is 24.4 Å². The van der Waals surface area contributed by atoms with Crippen molar-refractivity contribution >= 4 is 11.9 Å². The molecule has 1 aliphatic carbocycles. The summed E-state index contributed by atoms with van der Waals surface area (Å²) >= 11 is 0. The first-order chi connectivity index (χ1) is 9.75. The van der Waals surface area contributed by atoms with Crippen LogP contribution in [0.5, 0.6) is 0 Å². The fourth-order valence-corrected chi connectivity index (χ4v) is 3.38. The molecule has 20 heavy (non-hydrogen) atoms. The monoisotopic (exact) mass is 276 g/mol. The molecule has 2 heterocycles. The van der Waals surface area contributed by atoms with Crippen molar-refractivity contribution in [1.82, 2.24) is 0 Å². The lowest BCUT2D eigenvalue weighted by Gasteiger charge is -2.32. The van der Waals surface area contributed by atoms with Crippen molar-refractivity contribution < 1.29 is 29.1 Å². The summed E-state index contributed by atoms with van der Waals surface area (Å²) in [7, 11) is 0. The van der Waals surface area contributed by atoms with Crippen LogP contribution in [0, 0.1) is 5.92 Å². The Labute approximate surface area is 114 Å². The molecule has 1 aromatic rings. The average Bonchev–Trinajstić information content (AvgIpc) is 3.07. The van der Waals surface area contributed by atoms with Gasteiger partial charge in [-0.1, -0.05) is 29.3 Å². The molecule has 2 saturated heterocycles. The lowest BCUT2D eigenvalue weighted by Crippen LogP contribution is -2.32. The zero-order valence-electron chi connectivity index (χ0n) is 10.5. The van der Waals surface area contributed by atoms with Crippen molar-refractivity contribution in [3.63, 3.8) is 0 Å². The van der Waals surface area contributed by atoms with E-state index in [0.717, 1.165) is 11.1 Å². The van der Waals surface area contributed by atoms with Gasteiger partial charge in [0.2, 0.25) is 0 Å². The van der Waals surface area contributed by atoms with Crippen LogP contribution in [0.3, 0.4) is 0 Å². The van der Waals surface area contributed by atoms with Gasteiger partial charge in [0.1, 0.15) is 12.7 Å². The summed E-state index contributed by atoms with van der Waals surface area (Å²) in [4.78, 5) is 33.6. The topological polar surface area (TPSA) is 71.1 Å². The maximum absolute atomic E-state index is 11.9. The van der Waals surface area contributed by atoms with Gasteiger partial charge in [0, 0.05) is 5.92 Å². The summed E-state index contributed by atoms with van der Waals surface area (Å²) < 4.78 is 4.79. The Morgan fingerprint density at radius 3 is 2.55 bits per heavy atom. The van der Waals surface area contributed by atoms with E-state index in [4.69, 9.17) is 14.5 Å². The number of hydrogen-bond acceptors (Lipinski definition) is 6. The van der Waals surface area contributed by atoms with Gasteiger partial charge in [-0.15, -0.1) is 0 Å². The number of benzene rings is 1. The summed E-state index contributed by atoms with van der Waals surface area (Å²) in [5, 5.41) is 4.50. The first kappa shape index (κ1) is 12.0. The van der Waals surface area contributed by atoms with Gasteiger partial charge in [-0.3, -0.25) is 9.59 Å². The molecule has 4 rings (SSSR count). The SMILES string of the molecule is O=C1OC(=O)C2c3ccccc3C(C3COOO3)CC12. The Morgan fingerprint density at radius 1 is 1.00 bits per heavy atom. The standard InChI is InChI=1S/C14H12O6/c15-13-10-5-9(11-6-17-20-19-11)7-3-1-2-4-8(7)12(10)14(16)18-13/h1-4,9-12H,5-6H2. The third-order valence-electron chi connectivity index (χ3n) is 4.29. The lowest BCUT2D eigenvalue weighted by atomic mass is 9.69. The number of carbonyl (C=O) groups is 2. The van der Waals surface area contributed by atoms with E-state index < -0.39 is 23.8 Å². The van der Waals surface area contributed by atoms with Crippen molar-refractivity contribution in [3.05, 3.63) is 35.4 Å². The molecule has 0 bridgehead atoms. The van der Waals surface area contributed by atoms with Crippen LogP contribution < -0.4 is 0 Å². The van der Waals surface area contributed by atoms with Gasteiger partial charge >= 0.3 is 11.9 Å². The van der Waals surface area contributed by atoms with Crippen LogP contribution in [0.1, 0.15) is 29.4 Å². The first-order valence-corrected chi connectivity index (χ1v) is 6.55. The van der Waals surface area contributed by atoms with Gasteiger partial charge in [-0.05, 0) is 17.5 Å². The van der Waals surface area contributed by atoms with E-state index in [9.17, 15) is 9.59 Å². The molecule has 6 nitrogen and oxygen atoms in total. The molecule has 0 amide bonds. The Morgan fingerprint density at radius 2 is 1.80 bits per heavy atom. The average molecular weight is 276 g/mol. The highest BCUT2D eigenvalue weighted by atomic mass is 17.5. The Kier molecular flexibility index (Phi) is 2.63. The van der Waals surface area contributed by atoms with E-state index in [2.05, 4.69) is 5.04 Å². The number of ether oxygens (including phenoxy) is 1. The highest BCUT2D eigenvalue weighted by molar-refractivity contribution is 6.00. The van der Waals surface area contributed by atoms with Crippen LogP contribution >= 0.6 is 0 Å². The maximum atomic E-state index is 11.9. The third kappa shape index (κ3) is 1.62. The second kappa shape index (κ2) is 4.37. The van der Waals surface area contributed by atoms with Crippen LogP contribution in [0.2, 0.25) is 0 Å². The van der Waals surface area contributed by atoms with E-state index in [0.29, 0.717) is 13.0 Å².